The number of hydrogen-bond acceptors (Lipinski definition) is 10. The van der Waals surface area contributed by atoms with Crippen molar-refractivity contribution in [3.8, 4) is 28.1 Å². The Morgan fingerprint density at radius 3 is 2.57 bits per heavy atom. The fourth-order valence-corrected chi connectivity index (χ4v) is 10.2. The standard InChI is InChI=1S/C52H65FN6O9/c1-9-43(61)57-21-19-52(66,29-57)50(65)56(7)45(31(3)4)47(62)54-41-25-32-23-35(26-36(60)24-32)34-16-17-42-37(27-34)38(46(58(42)10-2)44-33(18-22-67-8)13-11-14-39(44)53)28-51(5,6)30-68-49(64)40-15-12-20-59(55-40)48(41)63/h9,11,13-14,16-17,23-24,26-27,31,40-41,45,55,60,66H,1,10,12,15,18-22,25,28-30H2,2-8H3,(H,54,62)/t40-,41-,45-,52+/m0/s1. The van der Waals surface area contributed by atoms with Gasteiger partial charge in [0, 0.05) is 68.5 Å². The number of nitrogens with zero attached hydrogens (tertiary/aromatic N) is 4. The van der Waals surface area contributed by atoms with E-state index in [0.29, 0.717) is 55.5 Å². The average molecular weight is 937 g/mol. The molecule has 0 unspecified atom stereocenters. The fraction of sp³-hybridized carbons (Fsp3) is 0.481. The van der Waals surface area contributed by atoms with Crippen molar-refractivity contribution in [1.82, 2.24) is 30.1 Å². The molecule has 4 atom stereocenters. The number of ether oxygens (including phenoxy) is 2. The van der Waals surface area contributed by atoms with E-state index in [2.05, 4.69) is 21.9 Å². The number of aliphatic hydroxyl groups is 1. The normalized spacial score (nSPS) is 21.3. The third kappa shape index (κ3) is 10.2. The Hall–Kier alpha value is -6.10. The fourth-order valence-electron chi connectivity index (χ4n) is 10.2. The molecule has 2 saturated heterocycles. The maximum Gasteiger partial charge on any atom is 0.324 e. The van der Waals surface area contributed by atoms with Gasteiger partial charge < -0.3 is 39.4 Å². The van der Waals surface area contributed by atoms with Gasteiger partial charge in [-0.15, -0.1) is 0 Å². The van der Waals surface area contributed by atoms with E-state index >= 15 is 4.39 Å². The van der Waals surface area contributed by atoms with Crippen LogP contribution in [-0.4, -0.2) is 130 Å². The summed E-state index contributed by atoms with van der Waals surface area (Å²) in [6, 6.07) is 12.7. The molecule has 2 fully saturated rings. The van der Waals surface area contributed by atoms with Crippen LogP contribution in [0.15, 0.2) is 67.3 Å². The van der Waals surface area contributed by atoms with Crippen molar-refractivity contribution in [3.05, 3.63) is 89.8 Å². The molecule has 4 amide bonds. The lowest BCUT2D eigenvalue weighted by atomic mass is 9.83. The number of rotatable bonds is 11. The Morgan fingerprint density at radius 2 is 1.87 bits per heavy atom. The largest absolute Gasteiger partial charge is 0.508 e. The molecule has 1 aromatic heterocycles. The number of methoxy groups -OCH3 is 1. The third-order valence-electron chi connectivity index (χ3n) is 13.5. The Bertz CT molecular complexity index is 2610. The van der Waals surface area contributed by atoms with Crippen molar-refractivity contribution in [1.29, 1.82) is 0 Å². The van der Waals surface area contributed by atoms with Gasteiger partial charge >= 0.3 is 5.97 Å². The van der Waals surface area contributed by atoms with E-state index in [1.807, 2.05) is 51.1 Å². The SMILES string of the molecule is C=CC(=O)N1CC[C@](O)(C(=O)N(C)[C@H](C(=O)N[C@H]2Cc3cc(O)cc(c3)-c3ccc4c(c3)c(c(-c3c(F)cccc3CCOC)n4CC)CC(C)(C)COC(=O)[C@@H]3CCCN(N3)C2=O)C(C)C)C1. The van der Waals surface area contributed by atoms with Crippen molar-refractivity contribution in [2.24, 2.45) is 11.3 Å². The number of carbonyl (C=O) groups excluding carboxylic acids is 5. The summed E-state index contributed by atoms with van der Waals surface area (Å²) in [5.41, 5.74) is 6.08. The minimum atomic E-state index is -1.94. The molecule has 4 aromatic rings. The number of phenolic OH excluding ortho intramolecular Hbond substituents is 1. The second kappa shape index (κ2) is 20.2. The van der Waals surface area contributed by atoms with Gasteiger partial charge in [-0.3, -0.25) is 29.0 Å². The Labute approximate surface area is 397 Å². The first-order valence-electron chi connectivity index (χ1n) is 23.5. The third-order valence-corrected chi connectivity index (χ3v) is 13.5. The van der Waals surface area contributed by atoms with Crippen molar-refractivity contribution in [2.75, 3.05) is 47.0 Å². The van der Waals surface area contributed by atoms with Gasteiger partial charge in [0.2, 0.25) is 11.8 Å². The molecule has 0 spiro atoms. The van der Waals surface area contributed by atoms with Gasteiger partial charge in [-0.2, -0.15) is 0 Å². The molecule has 16 heteroatoms. The summed E-state index contributed by atoms with van der Waals surface area (Å²) in [6.45, 7) is 14.0. The summed E-state index contributed by atoms with van der Waals surface area (Å²) in [6.07, 6.45) is 2.69. The highest BCUT2D eigenvalue weighted by Gasteiger charge is 2.48. The zero-order chi connectivity index (χ0) is 49.2. The van der Waals surface area contributed by atoms with E-state index in [1.165, 1.54) is 34.0 Å². The van der Waals surface area contributed by atoms with Crippen LogP contribution in [0.2, 0.25) is 0 Å². The van der Waals surface area contributed by atoms with Gasteiger partial charge in [0.05, 0.1) is 25.5 Å². The molecule has 4 N–H and O–H groups in total. The number of likely N-dealkylation sites (tertiary alicyclic amines) is 1. The molecule has 4 heterocycles. The van der Waals surface area contributed by atoms with Crippen LogP contribution < -0.4 is 10.7 Å². The van der Waals surface area contributed by atoms with Gasteiger partial charge in [-0.25, -0.2) is 9.82 Å². The van der Waals surface area contributed by atoms with Crippen LogP contribution in [-0.2, 0) is 59.3 Å². The van der Waals surface area contributed by atoms with Gasteiger partial charge in [0.15, 0.2) is 5.60 Å². The van der Waals surface area contributed by atoms with Gasteiger partial charge in [-0.05, 0) is 103 Å². The number of fused-ring (bicyclic) bond motifs is 6. The van der Waals surface area contributed by atoms with Crippen molar-refractivity contribution in [2.45, 2.75) is 103 Å². The molecular weight excluding hydrogens is 872 g/mol. The molecule has 3 aliphatic heterocycles. The first-order valence-corrected chi connectivity index (χ1v) is 23.5. The molecule has 7 rings (SSSR count). The molecule has 15 nitrogen and oxygen atoms in total. The topological polar surface area (TPSA) is 183 Å². The van der Waals surface area contributed by atoms with E-state index in [0.717, 1.165) is 39.4 Å². The highest BCUT2D eigenvalue weighted by atomic mass is 19.1. The van der Waals surface area contributed by atoms with Crippen LogP contribution in [0.3, 0.4) is 0 Å². The number of nitrogens with one attached hydrogen (secondary N) is 2. The first kappa shape index (κ1) is 49.8. The number of hydrogen-bond donors (Lipinski definition) is 4. The molecule has 0 radical (unpaired) electrons. The second-order valence-electron chi connectivity index (χ2n) is 19.6. The van der Waals surface area contributed by atoms with Crippen molar-refractivity contribution in [3.63, 3.8) is 0 Å². The minimum Gasteiger partial charge on any atom is -0.508 e. The molecule has 364 valence electrons. The Balaban J connectivity index is 1.32. The van der Waals surface area contributed by atoms with Crippen molar-refractivity contribution >= 4 is 40.5 Å². The number of aromatic nitrogens is 1. The number of aryl methyl sites for hydroxylation is 1. The monoisotopic (exact) mass is 936 g/mol. The summed E-state index contributed by atoms with van der Waals surface area (Å²) in [5.74, 6) is -3.88. The van der Waals surface area contributed by atoms with E-state index < -0.39 is 64.7 Å². The molecule has 0 saturated carbocycles. The van der Waals surface area contributed by atoms with Crippen LogP contribution in [0.25, 0.3) is 33.3 Å². The van der Waals surface area contributed by atoms with Gasteiger partial charge in [0.25, 0.3) is 11.8 Å². The number of carbonyl (C=O) groups is 5. The van der Waals surface area contributed by atoms with E-state index in [-0.39, 0.29) is 50.6 Å². The molecule has 3 aromatic carbocycles. The summed E-state index contributed by atoms with van der Waals surface area (Å²) in [5, 5.41) is 27.9. The molecule has 3 aliphatic rings. The van der Waals surface area contributed by atoms with Crippen molar-refractivity contribution < 1.29 is 48.0 Å². The quantitative estimate of drug-likeness (QED) is 0.114. The van der Waals surface area contributed by atoms with Gasteiger partial charge in [-0.1, -0.05) is 58.5 Å². The lowest BCUT2D eigenvalue weighted by Crippen LogP contribution is -2.63. The lowest BCUT2D eigenvalue weighted by molar-refractivity contribution is -0.156. The first-order chi connectivity index (χ1) is 32.3. The number of likely N-dealkylation sites (N-methyl/N-ethyl adjacent to an activating group) is 1. The smallest absolute Gasteiger partial charge is 0.324 e. The van der Waals surface area contributed by atoms with Gasteiger partial charge in [0.1, 0.15) is 29.7 Å². The number of esters is 1. The number of phenols is 1. The highest BCUT2D eigenvalue weighted by Crippen LogP contribution is 2.42. The van der Waals surface area contributed by atoms with Crippen LogP contribution in [0.1, 0.15) is 70.6 Å². The number of β-amino-alcohol motifs (C(OH)–C–C–N with tert-alkyl or cyclic N) is 1. The number of amides is 4. The second-order valence-corrected chi connectivity index (χ2v) is 19.6. The van der Waals surface area contributed by atoms with E-state index in [4.69, 9.17) is 9.47 Å². The molecule has 68 heavy (non-hydrogen) atoms. The minimum absolute atomic E-state index is 0.0127. The van der Waals surface area contributed by atoms with E-state index in [1.54, 1.807) is 33.1 Å². The van der Waals surface area contributed by atoms with E-state index in [9.17, 15) is 34.2 Å². The summed E-state index contributed by atoms with van der Waals surface area (Å²) in [4.78, 5) is 72.0. The summed E-state index contributed by atoms with van der Waals surface area (Å²) >= 11 is 0. The maximum absolute atomic E-state index is 16.4. The zero-order valence-corrected chi connectivity index (χ0v) is 40.2. The number of aromatic hydroxyl groups is 1. The number of halogens is 1. The number of cyclic esters (lactones) is 1. The molecule has 6 bridgehead atoms. The molecular formula is C52H65FN6O9. The Kier molecular flexibility index (Phi) is 14.8. The van der Waals surface area contributed by atoms with Crippen LogP contribution in [0, 0.1) is 17.2 Å². The van der Waals surface area contributed by atoms with Crippen LogP contribution in [0.4, 0.5) is 4.39 Å². The van der Waals surface area contributed by atoms with Crippen LogP contribution >= 0.6 is 0 Å². The number of benzene rings is 3. The zero-order valence-electron chi connectivity index (χ0n) is 40.2. The Morgan fingerprint density at radius 1 is 1.10 bits per heavy atom. The lowest BCUT2D eigenvalue weighted by Gasteiger charge is -2.37. The summed E-state index contributed by atoms with van der Waals surface area (Å²) in [7, 11) is 3.03. The van der Waals surface area contributed by atoms with Crippen LogP contribution in [0.5, 0.6) is 5.75 Å². The maximum atomic E-state index is 16.4. The summed E-state index contributed by atoms with van der Waals surface area (Å²) < 4.78 is 30.0. The molecule has 0 aliphatic carbocycles. The highest BCUT2D eigenvalue weighted by molar-refractivity contribution is 5.97. The predicted molar refractivity (Wildman–Crippen MR) is 255 cm³/mol. The average Bonchev–Trinajstić information content (AvgIpc) is 3.85. The predicted octanol–water partition coefficient (Wildman–Crippen LogP) is 5.31. The number of hydrazine groups is 1.